The molecule has 3 nitrogen and oxygen atoms in total. The Labute approximate surface area is 132 Å². The van der Waals surface area contributed by atoms with E-state index in [0.29, 0.717) is 0 Å². The van der Waals surface area contributed by atoms with E-state index in [2.05, 4.69) is 29.8 Å². The van der Waals surface area contributed by atoms with Crippen molar-refractivity contribution >= 4 is 10.9 Å². The summed E-state index contributed by atoms with van der Waals surface area (Å²) in [6, 6.07) is 4.15. The lowest BCUT2D eigenvalue weighted by atomic mass is 10.0. The molecule has 0 aliphatic carbocycles. The number of hydrogen-bond acceptors (Lipinski definition) is 2. The summed E-state index contributed by atoms with van der Waals surface area (Å²) in [5.74, 6) is 0. The number of aryl methyl sites for hydroxylation is 3. The van der Waals surface area contributed by atoms with Crippen LogP contribution in [0.2, 0.25) is 0 Å². The van der Waals surface area contributed by atoms with Gasteiger partial charge < -0.3 is 4.98 Å². The van der Waals surface area contributed by atoms with E-state index in [1.54, 1.807) is 0 Å². The maximum atomic E-state index is 13.0. The van der Waals surface area contributed by atoms with Gasteiger partial charge in [0.15, 0.2) is 5.43 Å². The van der Waals surface area contributed by atoms with Crippen LogP contribution in [0.5, 0.6) is 0 Å². The van der Waals surface area contributed by atoms with Gasteiger partial charge in [-0.3, -0.25) is 9.69 Å². The smallest absolute Gasteiger partial charge is 0.194 e. The molecule has 0 saturated carbocycles. The Morgan fingerprint density at radius 3 is 2.41 bits per heavy atom. The topological polar surface area (TPSA) is 36.1 Å². The molecular weight excluding hydrogens is 272 g/mol. The summed E-state index contributed by atoms with van der Waals surface area (Å²) in [6.07, 6.45) is 5.15. The standard InChI is InChI=1S/C19H26N2O/c1-13-10-14(2)18-16(11-13)19(22)17(15(3)20-18)12-21-8-6-4-5-7-9-21/h10-11H,4-9,12H2,1-3H3,(H,20,22). The number of fused-ring (bicyclic) bond motifs is 1. The monoisotopic (exact) mass is 298 g/mol. The van der Waals surface area contributed by atoms with Crippen molar-refractivity contribution in [2.45, 2.75) is 53.0 Å². The van der Waals surface area contributed by atoms with Gasteiger partial charge in [-0.25, -0.2) is 0 Å². The molecule has 3 rings (SSSR count). The fraction of sp³-hybridized carbons (Fsp3) is 0.526. The zero-order chi connectivity index (χ0) is 15.7. The van der Waals surface area contributed by atoms with Gasteiger partial charge in [-0.15, -0.1) is 0 Å². The van der Waals surface area contributed by atoms with Crippen molar-refractivity contribution in [2.75, 3.05) is 13.1 Å². The van der Waals surface area contributed by atoms with Crippen LogP contribution in [0.3, 0.4) is 0 Å². The highest BCUT2D eigenvalue weighted by Crippen LogP contribution is 2.19. The fourth-order valence-electron chi connectivity index (χ4n) is 3.62. The summed E-state index contributed by atoms with van der Waals surface area (Å²) < 4.78 is 0. The molecule has 2 heterocycles. The molecule has 1 saturated heterocycles. The molecule has 0 bridgehead atoms. The van der Waals surface area contributed by atoms with Gasteiger partial charge in [0.05, 0.1) is 5.52 Å². The minimum atomic E-state index is 0.210. The zero-order valence-corrected chi connectivity index (χ0v) is 14.0. The molecule has 1 aromatic heterocycles. The molecule has 1 aromatic carbocycles. The first-order valence-electron chi connectivity index (χ1n) is 8.41. The number of benzene rings is 1. The first-order valence-corrected chi connectivity index (χ1v) is 8.41. The minimum absolute atomic E-state index is 0.210. The van der Waals surface area contributed by atoms with Crippen molar-refractivity contribution in [3.63, 3.8) is 0 Å². The molecule has 2 aromatic rings. The number of nitrogens with zero attached hydrogens (tertiary/aromatic N) is 1. The molecule has 3 heteroatoms. The normalized spacial score (nSPS) is 16.9. The van der Waals surface area contributed by atoms with E-state index in [4.69, 9.17) is 0 Å². The van der Waals surface area contributed by atoms with Gasteiger partial charge in [0, 0.05) is 23.2 Å². The Morgan fingerprint density at radius 1 is 1.05 bits per heavy atom. The number of rotatable bonds is 2. The van der Waals surface area contributed by atoms with Crippen LogP contribution >= 0.6 is 0 Å². The van der Waals surface area contributed by atoms with Crippen LogP contribution in [0, 0.1) is 20.8 Å². The Hall–Kier alpha value is -1.61. The van der Waals surface area contributed by atoms with E-state index in [1.807, 2.05) is 13.0 Å². The Bertz CT molecular complexity index is 737. The van der Waals surface area contributed by atoms with Gasteiger partial charge in [0.2, 0.25) is 0 Å². The Morgan fingerprint density at radius 2 is 1.73 bits per heavy atom. The van der Waals surface area contributed by atoms with Gasteiger partial charge >= 0.3 is 0 Å². The Kier molecular flexibility index (Phi) is 4.34. The molecule has 1 N–H and O–H groups in total. The van der Waals surface area contributed by atoms with E-state index in [9.17, 15) is 4.79 Å². The van der Waals surface area contributed by atoms with Gasteiger partial charge in [0.1, 0.15) is 0 Å². The molecular formula is C19H26N2O. The minimum Gasteiger partial charge on any atom is -0.358 e. The summed E-state index contributed by atoms with van der Waals surface area (Å²) in [7, 11) is 0. The van der Waals surface area contributed by atoms with Crippen LogP contribution in [-0.2, 0) is 6.54 Å². The number of hydrogen-bond donors (Lipinski definition) is 1. The second-order valence-corrected chi connectivity index (χ2v) is 6.75. The van der Waals surface area contributed by atoms with E-state index < -0.39 is 0 Å². The summed E-state index contributed by atoms with van der Waals surface area (Å²) in [5.41, 5.74) is 5.47. The van der Waals surface area contributed by atoms with E-state index in [-0.39, 0.29) is 5.43 Å². The molecule has 1 fully saturated rings. The number of H-pyrrole nitrogens is 1. The summed E-state index contributed by atoms with van der Waals surface area (Å²) >= 11 is 0. The summed E-state index contributed by atoms with van der Waals surface area (Å²) in [4.78, 5) is 18.9. The van der Waals surface area contributed by atoms with Crippen molar-refractivity contribution in [2.24, 2.45) is 0 Å². The summed E-state index contributed by atoms with van der Waals surface area (Å²) in [6.45, 7) is 9.17. The van der Waals surface area contributed by atoms with Crippen molar-refractivity contribution < 1.29 is 0 Å². The number of likely N-dealkylation sites (tertiary alicyclic amines) is 1. The van der Waals surface area contributed by atoms with Crippen LogP contribution in [-0.4, -0.2) is 23.0 Å². The average Bonchev–Trinajstić information content (AvgIpc) is 2.73. The molecule has 0 atom stereocenters. The van der Waals surface area contributed by atoms with Gasteiger partial charge in [-0.1, -0.05) is 18.9 Å². The maximum Gasteiger partial charge on any atom is 0.194 e. The van der Waals surface area contributed by atoms with Crippen molar-refractivity contribution in [3.8, 4) is 0 Å². The van der Waals surface area contributed by atoms with Crippen LogP contribution in [0.25, 0.3) is 10.9 Å². The molecule has 0 unspecified atom stereocenters. The molecule has 0 radical (unpaired) electrons. The average molecular weight is 298 g/mol. The van der Waals surface area contributed by atoms with E-state index in [0.717, 1.165) is 52.9 Å². The quantitative estimate of drug-likeness (QED) is 0.914. The largest absolute Gasteiger partial charge is 0.358 e. The first-order chi connectivity index (χ1) is 10.6. The number of aromatic nitrogens is 1. The Balaban J connectivity index is 2.04. The fourth-order valence-corrected chi connectivity index (χ4v) is 3.62. The van der Waals surface area contributed by atoms with Crippen LogP contribution in [0.15, 0.2) is 16.9 Å². The third-order valence-electron chi connectivity index (χ3n) is 4.84. The summed E-state index contributed by atoms with van der Waals surface area (Å²) in [5, 5.41) is 0.841. The highest BCUT2D eigenvalue weighted by Gasteiger charge is 2.16. The highest BCUT2D eigenvalue weighted by molar-refractivity contribution is 5.83. The second kappa shape index (κ2) is 6.25. The molecule has 1 aliphatic rings. The van der Waals surface area contributed by atoms with E-state index >= 15 is 0 Å². The second-order valence-electron chi connectivity index (χ2n) is 6.75. The first kappa shape index (κ1) is 15.3. The predicted octanol–water partition coefficient (Wildman–Crippen LogP) is 3.83. The third-order valence-corrected chi connectivity index (χ3v) is 4.84. The van der Waals surface area contributed by atoms with Gasteiger partial charge in [-0.05, 0) is 63.9 Å². The number of aromatic amines is 1. The molecule has 118 valence electrons. The van der Waals surface area contributed by atoms with Gasteiger partial charge in [-0.2, -0.15) is 0 Å². The lowest BCUT2D eigenvalue weighted by molar-refractivity contribution is 0.275. The molecule has 0 spiro atoms. The third kappa shape index (κ3) is 2.95. The number of pyridine rings is 1. The molecule has 1 aliphatic heterocycles. The number of nitrogens with one attached hydrogen (secondary N) is 1. The maximum absolute atomic E-state index is 13.0. The van der Waals surface area contributed by atoms with Crippen molar-refractivity contribution in [1.29, 1.82) is 0 Å². The van der Waals surface area contributed by atoms with Gasteiger partial charge in [0.25, 0.3) is 0 Å². The van der Waals surface area contributed by atoms with E-state index in [1.165, 1.54) is 25.7 Å². The SMILES string of the molecule is Cc1cc(C)c2[nH]c(C)c(CN3CCCCCC3)c(=O)c2c1. The van der Waals surface area contributed by atoms with Crippen LogP contribution in [0.1, 0.15) is 48.1 Å². The lowest BCUT2D eigenvalue weighted by Crippen LogP contribution is -2.28. The van der Waals surface area contributed by atoms with Crippen molar-refractivity contribution in [3.05, 3.63) is 44.7 Å². The molecule has 0 amide bonds. The molecule has 22 heavy (non-hydrogen) atoms. The zero-order valence-electron chi connectivity index (χ0n) is 14.0. The highest BCUT2D eigenvalue weighted by atomic mass is 16.1. The lowest BCUT2D eigenvalue weighted by Gasteiger charge is -2.21. The van der Waals surface area contributed by atoms with Crippen molar-refractivity contribution in [1.82, 2.24) is 9.88 Å². The van der Waals surface area contributed by atoms with Crippen LogP contribution < -0.4 is 5.43 Å². The van der Waals surface area contributed by atoms with Crippen LogP contribution in [0.4, 0.5) is 0 Å². The predicted molar refractivity (Wildman–Crippen MR) is 92.5 cm³/mol.